The van der Waals surface area contributed by atoms with Crippen molar-refractivity contribution in [1.82, 2.24) is 4.90 Å². The van der Waals surface area contributed by atoms with Crippen LogP contribution in [0.4, 0.5) is 10.1 Å². The molecule has 0 bridgehead atoms. The van der Waals surface area contributed by atoms with Crippen molar-refractivity contribution in [1.29, 1.82) is 0 Å². The molecule has 142 valence electrons. The second kappa shape index (κ2) is 8.30. The van der Waals surface area contributed by atoms with Gasteiger partial charge in [-0.1, -0.05) is 6.07 Å². The first-order valence-electron chi connectivity index (χ1n) is 8.57. The second-order valence-corrected chi connectivity index (χ2v) is 7.16. The van der Waals surface area contributed by atoms with Crippen molar-refractivity contribution in [2.24, 2.45) is 0 Å². The fraction of sp³-hybridized carbons (Fsp3) is 0.316. The lowest BCUT2D eigenvalue weighted by molar-refractivity contribution is -0.156. The van der Waals surface area contributed by atoms with E-state index in [9.17, 15) is 18.8 Å². The van der Waals surface area contributed by atoms with Crippen LogP contribution >= 0.6 is 11.3 Å². The molecule has 1 aliphatic heterocycles. The maximum Gasteiger partial charge on any atom is 0.329 e. The summed E-state index contributed by atoms with van der Waals surface area (Å²) in [5.74, 6) is -1.74. The van der Waals surface area contributed by atoms with Crippen LogP contribution in [0.5, 0.6) is 0 Å². The molecule has 2 heterocycles. The molecule has 3 rings (SSSR count). The third-order valence-electron chi connectivity index (χ3n) is 4.29. The first-order chi connectivity index (χ1) is 13.0. The van der Waals surface area contributed by atoms with Gasteiger partial charge < -0.3 is 15.0 Å². The fourth-order valence-electron chi connectivity index (χ4n) is 2.88. The first kappa shape index (κ1) is 19.0. The zero-order valence-corrected chi connectivity index (χ0v) is 15.5. The van der Waals surface area contributed by atoms with Gasteiger partial charge in [0.05, 0.1) is 4.88 Å². The maximum absolute atomic E-state index is 12.9. The highest BCUT2D eigenvalue weighted by atomic mass is 32.1. The molecule has 0 spiro atoms. The van der Waals surface area contributed by atoms with Gasteiger partial charge in [0.2, 0.25) is 0 Å². The molecule has 1 aromatic carbocycles. The Kier molecular flexibility index (Phi) is 5.85. The van der Waals surface area contributed by atoms with Crippen LogP contribution in [0.1, 0.15) is 29.4 Å². The Labute approximate surface area is 159 Å². The largest absolute Gasteiger partial charge is 0.451 e. The topological polar surface area (TPSA) is 75.7 Å². The minimum atomic E-state index is -1.04. The number of halogens is 1. The van der Waals surface area contributed by atoms with E-state index in [2.05, 4.69) is 5.32 Å². The van der Waals surface area contributed by atoms with E-state index in [0.29, 0.717) is 30.0 Å². The van der Waals surface area contributed by atoms with Crippen molar-refractivity contribution in [3.63, 3.8) is 0 Å². The Morgan fingerprint density at radius 1 is 1.26 bits per heavy atom. The van der Waals surface area contributed by atoms with Crippen LogP contribution in [-0.4, -0.2) is 41.4 Å². The molecule has 8 heteroatoms. The molecule has 1 aromatic heterocycles. The minimum Gasteiger partial charge on any atom is -0.451 e. The highest BCUT2D eigenvalue weighted by Crippen LogP contribution is 2.23. The van der Waals surface area contributed by atoms with Gasteiger partial charge in [-0.15, -0.1) is 11.3 Å². The van der Waals surface area contributed by atoms with Gasteiger partial charge in [0.1, 0.15) is 11.9 Å². The normalized spacial score (nSPS) is 17.4. The molecule has 0 aliphatic carbocycles. The van der Waals surface area contributed by atoms with E-state index in [-0.39, 0.29) is 5.91 Å². The Balaban J connectivity index is 1.59. The molecule has 1 saturated heterocycles. The van der Waals surface area contributed by atoms with Crippen LogP contribution < -0.4 is 5.32 Å². The quantitative estimate of drug-likeness (QED) is 0.796. The zero-order chi connectivity index (χ0) is 19.4. The van der Waals surface area contributed by atoms with Crippen LogP contribution in [0.15, 0.2) is 41.8 Å². The number of amides is 2. The summed E-state index contributed by atoms with van der Waals surface area (Å²) >= 11 is 1.32. The van der Waals surface area contributed by atoms with Crippen LogP contribution in [0, 0.1) is 5.82 Å². The van der Waals surface area contributed by atoms with E-state index >= 15 is 0 Å². The van der Waals surface area contributed by atoms with Gasteiger partial charge in [0, 0.05) is 12.2 Å². The molecular formula is C19H19FN2O4S. The highest BCUT2D eigenvalue weighted by molar-refractivity contribution is 7.12. The average Bonchev–Trinajstić information content (AvgIpc) is 3.34. The van der Waals surface area contributed by atoms with E-state index in [0.717, 1.165) is 0 Å². The number of nitrogens with one attached hydrogen (secondary N) is 1. The van der Waals surface area contributed by atoms with Crippen LogP contribution in [0.3, 0.4) is 0 Å². The van der Waals surface area contributed by atoms with Gasteiger partial charge in [-0.2, -0.15) is 0 Å². The molecule has 0 radical (unpaired) electrons. The van der Waals surface area contributed by atoms with Gasteiger partial charge >= 0.3 is 5.97 Å². The van der Waals surface area contributed by atoms with Gasteiger partial charge in [0.15, 0.2) is 6.10 Å². The van der Waals surface area contributed by atoms with Gasteiger partial charge in [-0.3, -0.25) is 9.59 Å². The van der Waals surface area contributed by atoms with Crippen LogP contribution in [-0.2, 0) is 14.3 Å². The van der Waals surface area contributed by atoms with Crippen molar-refractivity contribution in [2.75, 3.05) is 11.9 Å². The van der Waals surface area contributed by atoms with Gasteiger partial charge in [-0.25, -0.2) is 9.18 Å². The highest BCUT2D eigenvalue weighted by Gasteiger charge is 2.37. The lowest BCUT2D eigenvalue weighted by atomic mass is 10.2. The Morgan fingerprint density at radius 3 is 2.67 bits per heavy atom. The third-order valence-corrected chi connectivity index (χ3v) is 5.15. The van der Waals surface area contributed by atoms with Gasteiger partial charge in [-0.05, 0) is 55.5 Å². The third kappa shape index (κ3) is 4.51. The molecule has 1 fully saturated rings. The number of thiophene rings is 1. The lowest BCUT2D eigenvalue weighted by Crippen LogP contribution is -2.43. The monoisotopic (exact) mass is 390 g/mol. The number of rotatable bonds is 5. The smallest absolute Gasteiger partial charge is 0.329 e. The molecule has 27 heavy (non-hydrogen) atoms. The predicted octanol–water partition coefficient (Wildman–Crippen LogP) is 3.06. The summed E-state index contributed by atoms with van der Waals surface area (Å²) in [7, 11) is 0. The van der Waals surface area contributed by atoms with Gasteiger partial charge in [0.25, 0.3) is 11.8 Å². The van der Waals surface area contributed by atoms with E-state index in [1.54, 1.807) is 17.5 Å². The first-order valence-corrected chi connectivity index (χ1v) is 9.45. The summed E-state index contributed by atoms with van der Waals surface area (Å²) in [5.41, 5.74) is 0.402. The van der Waals surface area contributed by atoms with Crippen molar-refractivity contribution in [3.05, 3.63) is 52.5 Å². The lowest BCUT2D eigenvalue weighted by Gasteiger charge is -2.24. The molecule has 6 nitrogen and oxygen atoms in total. The van der Waals surface area contributed by atoms with Crippen LogP contribution in [0.25, 0.3) is 0 Å². The molecule has 2 aromatic rings. The van der Waals surface area contributed by atoms with Crippen molar-refractivity contribution >= 4 is 34.8 Å². The number of carbonyl (C=O) groups is 3. The van der Waals surface area contributed by atoms with Crippen molar-refractivity contribution in [3.8, 4) is 0 Å². The predicted molar refractivity (Wildman–Crippen MR) is 99.0 cm³/mol. The van der Waals surface area contributed by atoms with Crippen LogP contribution in [0.2, 0.25) is 0 Å². The summed E-state index contributed by atoms with van der Waals surface area (Å²) in [5, 5.41) is 4.36. The van der Waals surface area contributed by atoms with Crippen molar-refractivity contribution in [2.45, 2.75) is 31.9 Å². The molecule has 1 aliphatic rings. The average molecular weight is 390 g/mol. The molecule has 0 saturated carbocycles. The number of esters is 1. The number of benzene rings is 1. The Bertz CT molecular complexity index is 823. The van der Waals surface area contributed by atoms with E-state index < -0.39 is 29.8 Å². The summed E-state index contributed by atoms with van der Waals surface area (Å²) in [6.07, 6.45) is 0.164. The molecule has 1 N–H and O–H groups in total. The van der Waals surface area contributed by atoms with E-state index in [1.165, 1.54) is 47.4 Å². The number of ether oxygens (including phenoxy) is 1. The summed E-state index contributed by atoms with van der Waals surface area (Å²) in [6.45, 7) is 1.93. The summed E-state index contributed by atoms with van der Waals surface area (Å²) < 4.78 is 18.2. The summed E-state index contributed by atoms with van der Waals surface area (Å²) in [4.78, 5) is 39.3. The molecule has 0 unspecified atom stereocenters. The number of carbonyl (C=O) groups excluding carboxylic acids is 3. The minimum absolute atomic E-state index is 0.201. The number of nitrogens with zero attached hydrogens (tertiary/aromatic N) is 1. The number of anilines is 1. The number of hydrogen-bond acceptors (Lipinski definition) is 5. The maximum atomic E-state index is 12.9. The fourth-order valence-corrected chi connectivity index (χ4v) is 3.56. The molecule has 2 atom stereocenters. The summed E-state index contributed by atoms with van der Waals surface area (Å²) in [6, 6.07) is 8.08. The van der Waals surface area contributed by atoms with Crippen molar-refractivity contribution < 1.29 is 23.5 Å². The van der Waals surface area contributed by atoms with E-state index in [4.69, 9.17) is 4.74 Å². The van der Waals surface area contributed by atoms with E-state index in [1.807, 2.05) is 0 Å². The standard InChI is InChI=1S/C19H19FN2O4S/c1-12(17(23)21-14-8-6-13(20)7-9-14)26-19(25)15-4-2-10-22(15)18(24)16-5-3-11-27-16/h3,5-9,11-12,15H,2,4,10H2,1H3,(H,21,23)/t12-,15+/m1/s1. The molecular weight excluding hydrogens is 371 g/mol. The Hall–Kier alpha value is -2.74. The number of likely N-dealkylation sites (tertiary alicyclic amines) is 1. The Morgan fingerprint density at radius 2 is 2.00 bits per heavy atom. The SMILES string of the molecule is C[C@@H](OC(=O)[C@@H]1CCCN1C(=O)c1cccs1)C(=O)Nc1ccc(F)cc1. The number of hydrogen-bond donors (Lipinski definition) is 1. The zero-order valence-electron chi connectivity index (χ0n) is 14.7. The molecule has 2 amide bonds. The second-order valence-electron chi connectivity index (χ2n) is 6.21.